The zero-order chi connectivity index (χ0) is 22.8. The number of hydrogen-bond donors (Lipinski definition) is 2. The summed E-state index contributed by atoms with van der Waals surface area (Å²) in [6, 6.07) is 10.1. The number of imide groups is 1. The van der Waals surface area contributed by atoms with Crippen LogP contribution < -0.4 is 10.6 Å². The van der Waals surface area contributed by atoms with Crippen LogP contribution in [0.5, 0.6) is 0 Å². The quantitative estimate of drug-likeness (QED) is 0.678. The first-order valence-corrected chi connectivity index (χ1v) is 10.6. The van der Waals surface area contributed by atoms with Gasteiger partial charge in [0.05, 0.1) is 30.3 Å². The molecule has 2 aliphatic heterocycles. The summed E-state index contributed by atoms with van der Waals surface area (Å²) < 4.78 is 5.54. The fourth-order valence-corrected chi connectivity index (χ4v) is 4.05. The first-order chi connectivity index (χ1) is 15.3. The van der Waals surface area contributed by atoms with Crippen molar-refractivity contribution in [3.8, 4) is 0 Å². The first-order valence-electron chi connectivity index (χ1n) is 10.6. The minimum atomic E-state index is -0.498. The van der Waals surface area contributed by atoms with Crippen LogP contribution in [0.15, 0.2) is 36.4 Å². The van der Waals surface area contributed by atoms with Crippen LogP contribution in [-0.4, -0.2) is 54.3 Å². The van der Waals surface area contributed by atoms with E-state index in [4.69, 9.17) is 4.74 Å². The van der Waals surface area contributed by atoms with Gasteiger partial charge in [0.2, 0.25) is 5.91 Å². The topological polar surface area (TPSA) is 105 Å². The van der Waals surface area contributed by atoms with Crippen LogP contribution >= 0.6 is 0 Å². The van der Waals surface area contributed by atoms with Crippen LogP contribution in [0.2, 0.25) is 0 Å². The Bertz CT molecular complexity index is 1080. The Morgan fingerprint density at radius 1 is 1.06 bits per heavy atom. The zero-order valence-electron chi connectivity index (χ0n) is 18.1. The Labute approximate surface area is 185 Å². The van der Waals surface area contributed by atoms with Crippen LogP contribution in [0.25, 0.3) is 0 Å². The van der Waals surface area contributed by atoms with Crippen molar-refractivity contribution in [1.82, 2.24) is 10.2 Å². The highest BCUT2D eigenvalue weighted by Crippen LogP contribution is 2.26. The van der Waals surface area contributed by atoms with Gasteiger partial charge in [-0.25, -0.2) is 0 Å². The normalized spacial score (nSPS) is 17.4. The van der Waals surface area contributed by atoms with E-state index in [1.165, 1.54) is 23.1 Å². The summed E-state index contributed by atoms with van der Waals surface area (Å²) >= 11 is 0. The molecule has 32 heavy (non-hydrogen) atoms. The largest absolute Gasteiger partial charge is 0.376 e. The van der Waals surface area contributed by atoms with Crippen molar-refractivity contribution >= 4 is 29.3 Å². The number of aryl methyl sites for hydroxylation is 2. The molecule has 0 aromatic heterocycles. The summed E-state index contributed by atoms with van der Waals surface area (Å²) in [5, 5.41) is 5.37. The van der Waals surface area contributed by atoms with E-state index in [9.17, 15) is 19.2 Å². The fraction of sp³-hybridized carbons (Fsp3) is 0.333. The van der Waals surface area contributed by atoms with Crippen LogP contribution in [0.1, 0.15) is 55.0 Å². The number of nitrogens with one attached hydrogen (secondary N) is 2. The predicted octanol–water partition coefficient (Wildman–Crippen LogP) is 2.45. The number of carbonyl (C=O) groups is 4. The zero-order valence-corrected chi connectivity index (χ0v) is 18.1. The number of carbonyl (C=O) groups excluding carboxylic acids is 4. The Kier molecular flexibility index (Phi) is 6.05. The number of ether oxygens (including phenoxy) is 1. The van der Waals surface area contributed by atoms with Gasteiger partial charge in [-0.2, -0.15) is 0 Å². The number of amides is 4. The van der Waals surface area contributed by atoms with Crippen molar-refractivity contribution in [1.29, 1.82) is 0 Å². The standard InChI is InChI=1S/C24H25N3O5/c1-14-5-3-6-15(2)21(14)26-20(28)12-25-22(29)16-8-9-18-19(11-16)24(31)27(23(18)30)13-17-7-4-10-32-17/h3,5-6,8-9,11,17H,4,7,10,12-13H2,1-2H3,(H,25,29)(H,26,28). The molecule has 8 heteroatoms. The van der Waals surface area contributed by atoms with Gasteiger partial charge in [-0.15, -0.1) is 0 Å². The molecule has 2 aromatic carbocycles. The maximum absolute atomic E-state index is 12.8. The molecular formula is C24H25N3O5. The summed E-state index contributed by atoms with van der Waals surface area (Å²) in [4.78, 5) is 51.4. The Morgan fingerprint density at radius 3 is 2.47 bits per heavy atom. The lowest BCUT2D eigenvalue weighted by Crippen LogP contribution is -2.36. The fourth-order valence-electron chi connectivity index (χ4n) is 4.05. The van der Waals surface area contributed by atoms with Crippen molar-refractivity contribution in [2.24, 2.45) is 0 Å². The van der Waals surface area contributed by atoms with Crippen LogP contribution in [0, 0.1) is 13.8 Å². The Morgan fingerprint density at radius 2 is 1.78 bits per heavy atom. The molecule has 4 rings (SSSR count). The number of benzene rings is 2. The smallest absolute Gasteiger partial charge is 0.261 e. The molecule has 0 bridgehead atoms. The van der Waals surface area contributed by atoms with E-state index in [-0.39, 0.29) is 47.7 Å². The van der Waals surface area contributed by atoms with E-state index < -0.39 is 11.8 Å². The average molecular weight is 435 g/mol. The van der Waals surface area contributed by atoms with Gasteiger partial charge in [-0.3, -0.25) is 24.1 Å². The molecule has 2 heterocycles. The molecule has 4 amide bonds. The van der Waals surface area contributed by atoms with Gasteiger partial charge in [0.25, 0.3) is 17.7 Å². The molecule has 1 saturated heterocycles. The first kappa shape index (κ1) is 21.7. The Balaban J connectivity index is 1.39. The third kappa shape index (κ3) is 4.27. The molecule has 0 spiro atoms. The maximum atomic E-state index is 12.8. The summed E-state index contributed by atoms with van der Waals surface area (Å²) in [5.41, 5.74) is 3.26. The van der Waals surface area contributed by atoms with Gasteiger partial charge in [0, 0.05) is 17.9 Å². The highest BCUT2D eigenvalue weighted by Gasteiger charge is 2.37. The molecule has 0 radical (unpaired) electrons. The number of hydrogen-bond acceptors (Lipinski definition) is 5. The average Bonchev–Trinajstić information content (AvgIpc) is 3.37. The summed E-state index contributed by atoms with van der Waals surface area (Å²) in [6.45, 7) is 4.42. The maximum Gasteiger partial charge on any atom is 0.261 e. The number of fused-ring (bicyclic) bond motifs is 1. The number of nitrogens with zero attached hydrogens (tertiary/aromatic N) is 1. The summed E-state index contributed by atoms with van der Waals surface area (Å²) in [6.07, 6.45) is 1.58. The highest BCUT2D eigenvalue weighted by molar-refractivity contribution is 6.22. The van der Waals surface area contributed by atoms with Crippen molar-refractivity contribution in [2.45, 2.75) is 32.8 Å². The molecule has 0 aliphatic carbocycles. The molecule has 1 unspecified atom stereocenters. The van der Waals surface area contributed by atoms with Crippen molar-refractivity contribution in [2.75, 3.05) is 25.0 Å². The summed E-state index contributed by atoms with van der Waals surface area (Å²) in [7, 11) is 0. The predicted molar refractivity (Wildman–Crippen MR) is 118 cm³/mol. The SMILES string of the molecule is Cc1cccc(C)c1NC(=O)CNC(=O)c1ccc2c(c1)C(=O)N(CC1CCCO1)C2=O. The molecule has 0 saturated carbocycles. The molecule has 2 aromatic rings. The monoisotopic (exact) mass is 435 g/mol. The van der Waals surface area contributed by atoms with Gasteiger partial charge in [-0.1, -0.05) is 18.2 Å². The van der Waals surface area contributed by atoms with Crippen molar-refractivity contribution in [3.63, 3.8) is 0 Å². The van der Waals surface area contributed by atoms with Gasteiger partial charge in [0.1, 0.15) is 0 Å². The molecular weight excluding hydrogens is 410 g/mol. The lowest BCUT2D eigenvalue weighted by molar-refractivity contribution is -0.115. The second kappa shape index (κ2) is 8.92. The molecule has 2 aliphatic rings. The molecule has 1 fully saturated rings. The van der Waals surface area contributed by atoms with E-state index in [0.717, 1.165) is 29.7 Å². The van der Waals surface area contributed by atoms with Gasteiger partial charge >= 0.3 is 0 Å². The van der Waals surface area contributed by atoms with E-state index in [0.29, 0.717) is 6.61 Å². The minimum Gasteiger partial charge on any atom is -0.376 e. The molecule has 1 atom stereocenters. The van der Waals surface area contributed by atoms with E-state index in [1.54, 1.807) is 0 Å². The van der Waals surface area contributed by atoms with E-state index in [2.05, 4.69) is 10.6 Å². The van der Waals surface area contributed by atoms with E-state index >= 15 is 0 Å². The third-order valence-electron chi connectivity index (χ3n) is 5.80. The highest BCUT2D eigenvalue weighted by atomic mass is 16.5. The minimum absolute atomic E-state index is 0.143. The number of para-hydroxylation sites is 1. The summed E-state index contributed by atoms with van der Waals surface area (Å²) in [5.74, 6) is -1.66. The van der Waals surface area contributed by atoms with Crippen molar-refractivity contribution < 1.29 is 23.9 Å². The Hall–Kier alpha value is -3.52. The lowest BCUT2D eigenvalue weighted by atomic mass is 10.1. The number of anilines is 1. The van der Waals surface area contributed by atoms with Crippen LogP contribution in [-0.2, 0) is 9.53 Å². The second-order valence-corrected chi connectivity index (χ2v) is 8.11. The van der Waals surface area contributed by atoms with Gasteiger partial charge in [0.15, 0.2) is 0 Å². The van der Waals surface area contributed by atoms with E-state index in [1.807, 2.05) is 32.0 Å². The van der Waals surface area contributed by atoms with Crippen LogP contribution in [0.3, 0.4) is 0 Å². The second-order valence-electron chi connectivity index (χ2n) is 8.11. The number of rotatable bonds is 6. The van der Waals surface area contributed by atoms with Gasteiger partial charge in [-0.05, 0) is 56.0 Å². The molecule has 166 valence electrons. The molecule has 8 nitrogen and oxygen atoms in total. The molecule has 2 N–H and O–H groups in total. The third-order valence-corrected chi connectivity index (χ3v) is 5.80. The van der Waals surface area contributed by atoms with Crippen LogP contribution in [0.4, 0.5) is 5.69 Å². The van der Waals surface area contributed by atoms with Crippen molar-refractivity contribution in [3.05, 3.63) is 64.2 Å². The van der Waals surface area contributed by atoms with Gasteiger partial charge < -0.3 is 15.4 Å². The lowest BCUT2D eigenvalue weighted by Gasteiger charge is -2.17.